The highest BCUT2D eigenvalue weighted by Gasteiger charge is 2.29. The molecule has 6 heteroatoms. The smallest absolute Gasteiger partial charge is 0.253 e. The second-order valence-electron chi connectivity index (χ2n) is 3.85. The van der Waals surface area contributed by atoms with E-state index in [0.717, 1.165) is 5.56 Å². The highest BCUT2D eigenvalue weighted by molar-refractivity contribution is 7.78. The van der Waals surface area contributed by atoms with Gasteiger partial charge in [0, 0.05) is 0 Å². The summed E-state index contributed by atoms with van der Waals surface area (Å²) in [7, 11) is 0. The molecule has 4 nitrogen and oxygen atoms in total. The largest absolute Gasteiger partial charge is 0.365 e. The van der Waals surface area contributed by atoms with Gasteiger partial charge in [0.25, 0.3) is 5.91 Å². The molecule has 1 amide bonds. The first-order valence-electron chi connectivity index (χ1n) is 5.33. The van der Waals surface area contributed by atoms with Gasteiger partial charge in [-0.15, -0.1) is 0 Å². The van der Waals surface area contributed by atoms with Crippen molar-refractivity contribution in [2.75, 3.05) is 0 Å². The van der Waals surface area contributed by atoms with Gasteiger partial charge in [0.1, 0.15) is 16.9 Å². The van der Waals surface area contributed by atoms with Gasteiger partial charge in [-0.2, -0.15) is 0 Å². The molecule has 0 radical (unpaired) electrons. The molecule has 0 aliphatic carbocycles. The summed E-state index contributed by atoms with van der Waals surface area (Å²) >= 11 is 10.4. The molecule has 2 rings (SSSR count). The molecule has 18 heavy (non-hydrogen) atoms. The zero-order valence-electron chi connectivity index (χ0n) is 9.67. The minimum Gasteiger partial charge on any atom is -0.365 e. The van der Waals surface area contributed by atoms with Crippen LogP contribution in [0.5, 0.6) is 0 Å². The number of benzene rings is 1. The molecule has 0 aromatic heterocycles. The standard InChI is InChI=1S/C12H12ClN3OS/c1-7-15-11(13)9(12(14)17)10(16(7)18)8-5-3-2-4-6-8/h2-7,18H,1H3,(H2,14,17). The van der Waals surface area contributed by atoms with Gasteiger partial charge in [-0.05, 0) is 12.5 Å². The summed E-state index contributed by atoms with van der Waals surface area (Å²) in [4.78, 5) is 15.7. The molecule has 1 aromatic carbocycles. The third-order valence-electron chi connectivity index (χ3n) is 2.62. The zero-order valence-corrected chi connectivity index (χ0v) is 11.3. The summed E-state index contributed by atoms with van der Waals surface area (Å²) in [6, 6.07) is 9.35. The number of carbonyl (C=O) groups excluding carboxylic acids is 1. The van der Waals surface area contributed by atoms with Crippen LogP contribution >= 0.6 is 24.4 Å². The predicted octanol–water partition coefficient (Wildman–Crippen LogP) is 2.03. The van der Waals surface area contributed by atoms with E-state index in [1.54, 1.807) is 4.31 Å². The monoisotopic (exact) mass is 281 g/mol. The lowest BCUT2D eigenvalue weighted by Gasteiger charge is -2.30. The van der Waals surface area contributed by atoms with E-state index >= 15 is 0 Å². The molecule has 0 saturated heterocycles. The van der Waals surface area contributed by atoms with Crippen molar-refractivity contribution in [3.63, 3.8) is 0 Å². The van der Waals surface area contributed by atoms with Crippen LogP contribution < -0.4 is 5.73 Å². The number of nitrogens with zero attached hydrogens (tertiary/aromatic N) is 2. The van der Waals surface area contributed by atoms with Crippen LogP contribution in [0.1, 0.15) is 12.5 Å². The van der Waals surface area contributed by atoms with E-state index in [0.29, 0.717) is 5.70 Å². The Bertz CT molecular complexity index is 542. The lowest BCUT2D eigenvalue weighted by atomic mass is 10.0. The van der Waals surface area contributed by atoms with E-state index in [4.69, 9.17) is 17.3 Å². The highest BCUT2D eigenvalue weighted by atomic mass is 35.5. The van der Waals surface area contributed by atoms with E-state index < -0.39 is 5.91 Å². The van der Waals surface area contributed by atoms with Crippen molar-refractivity contribution >= 4 is 41.2 Å². The quantitative estimate of drug-likeness (QED) is 0.815. The first kappa shape index (κ1) is 13.0. The van der Waals surface area contributed by atoms with E-state index in [2.05, 4.69) is 17.8 Å². The number of halogens is 1. The second-order valence-corrected chi connectivity index (χ2v) is 4.64. The molecular weight excluding hydrogens is 270 g/mol. The molecule has 1 aromatic rings. The Hall–Kier alpha value is -1.46. The van der Waals surface area contributed by atoms with Gasteiger partial charge >= 0.3 is 0 Å². The first-order chi connectivity index (χ1) is 8.52. The van der Waals surface area contributed by atoms with E-state index in [1.165, 1.54) is 0 Å². The number of carbonyl (C=O) groups is 1. The Labute approximate surface area is 116 Å². The van der Waals surface area contributed by atoms with E-state index in [9.17, 15) is 4.79 Å². The highest BCUT2D eigenvalue weighted by Crippen LogP contribution is 2.32. The number of hydrogen-bond donors (Lipinski definition) is 2. The van der Waals surface area contributed by atoms with Crippen molar-refractivity contribution in [3.05, 3.63) is 41.5 Å². The number of nitrogens with two attached hydrogens (primary N) is 1. The normalized spacial score (nSPS) is 19.8. The van der Waals surface area contributed by atoms with Crippen molar-refractivity contribution < 1.29 is 4.79 Å². The molecule has 1 unspecified atom stereocenters. The molecular formula is C12H12ClN3OS. The maximum absolute atomic E-state index is 11.5. The Morgan fingerprint density at radius 1 is 1.44 bits per heavy atom. The molecule has 0 spiro atoms. The molecule has 2 N–H and O–H groups in total. The van der Waals surface area contributed by atoms with E-state index in [-0.39, 0.29) is 16.9 Å². The lowest BCUT2D eigenvalue weighted by molar-refractivity contribution is -0.114. The van der Waals surface area contributed by atoms with Crippen molar-refractivity contribution in [1.82, 2.24) is 4.31 Å². The molecule has 1 aliphatic rings. The number of thiol groups is 1. The van der Waals surface area contributed by atoms with Gasteiger partial charge in [0.05, 0.1) is 5.70 Å². The molecule has 1 aliphatic heterocycles. The van der Waals surface area contributed by atoms with Crippen LogP contribution in [0, 0.1) is 0 Å². The van der Waals surface area contributed by atoms with Gasteiger partial charge in [-0.1, -0.05) is 54.7 Å². The number of amides is 1. The van der Waals surface area contributed by atoms with Gasteiger partial charge in [-0.25, -0.2) is 4.99 Å². The van der Waals surface area contributed by atoms with Gasteiger partial charge in [0.15, 0.2) is 0 Å². The van der Waals surface area contributed by atoms with Crippen LogP contribution in [0.4, 0.5) is 0 Å². The van der Waals surface area contributed by atoms with Crippen molar-refractivity contribution in [1.29, 1.82) is 0 Å². The molecule has 0 bridgehead atoms. The zero-order chi connectivity index (χ0) is 13.3. The Kier molecular flexibility index (Phi) is 3.63. The Balaban J connectivity index is 2.66. The van der Waals surface area contributed by atoms with Crippen molar-refractivity contribution in [3.8, 4) is 0 Å². The summed E-state index contributed by atoms with van der Waals surface area (Å²) < 4.78 is 1.58. The Morgan fingerprint density at radius 3 is 2.61 bits per heavy atom. The predicted molar refractivity (Wildman–Crippen MR) is 76.1 cm³/mol. The molecule has 1 atom stereocenters. The fourth-order valence-electron chi connectivity index (χ4n) is 1.77. The fraction of sp³-hybridized carbons (Fsp3) is 0.167. The summed E-state index contributed by atoms with van der Waals surface area (Å²) in [6.45, 7) is 1.83. The van der Waals surface area contributed by atoms with Crippen LogP contribution in [0.2, 0.25) is 0 Å². The van der Waals surface area contributed by atoms with E-state index in [1.807, 2.05) is 37.3 Å². The second kappa shape index (κ2) is 5.04. The van der Waals surface area contributed by atoms with Gasteiger partial charge in [0.2, 0.25) is 0 Å². The SMILES string of the molecule is CC1N=C(Cl)C(C(N)=O)=C(c2ccccc2)N1S. The topological polar surface area (TPSA) is 58.7 Å². The van der Waals surface area contributed by atoms with Gasteiger partial charge < -0.3 is 5.73 Å². The summed E-state index contributed by atoms with van der Waals surface area (Å²) in [5.41, 5.74) is 6.96. The van der Waals surface area contributed by atoms with Gasteiger partial charge in [-0.3, -0.25) is 9.10 Å². The fourth-order valence-corrected chi connectivity index (χ4v) is 2.36. The minimum atomic E-state index is -0.617. The third kappa shape index (κ3) is 2.23. The van der Waals surface area contributed by atoms with Crippen LogP contribution in [-0.2, 0) is 4.79 Å². The summed E-state index contributed by atoms with van der Waals surface area (Å²) in [5.74, 6) is -0.617. The van der Waals surface area contributed by atoms with Crippen LogP contribution in [0.25, 0.3) is 5.70 Å². The van der Waals surface area contributed by atoms with Crippen molar-refractivity contribution in [2.24, 2.45) is 10.7 Å². The molecule has 0 fully saturated rings. The molecule has 0 saturated carbocycles. The lowest BCUT2D eigenvalue weighted by Crippen LogP contribution is -2.33. The minimum absolute atomic E-state index is 0.124. The maximum Gasteiger partial charge on any atom is 0.253 e. The average molecular weight is 282 g/mol. The molecule has 1 heterocycles. The van der Waals surface area contributed by atoms with Crippen molar-refractivity contribution in [2.45, 2.75) is 13.1 Å². The maximum atomic E-state index is 11.5. The van der Waals surface area contributed by atoms with Crippen LogP contribution in [0.15, 0.2) is 40.9 Å². The number of hydrogen-bond acceptors (Lipinski definition) is 4. The number of primary amides is 1. The summed E-state index contributed by atoms with van der Waals surface area (Å²) in [5, 5.41) is 0.124. The first-order valence-corrected chi connectivity index (χ1v) is 6.11. The number of aliphatic imine (C=N–C) groups is 1. The average Bonchev–Trinajstić information content (AvgIpc) is 2.34. The van der Waals surface area contributed by atoms with Crippen LogP contribution in [0.3, 0.4) is 0 Å². The Morgan fingerprint density at radius 2 is 2.06 bits per heavy atom. The van der Waals surface area contributed by atoms with Crippen LogP contribution in [-0.4, -0.2) is 21.5 Å². The third-order valence-corrected chi connectivity index (χ3v) is 3.44. The molecule has 94 valence electrons. The summed E-state index contributed by atoms with van der Waals surface area (Å²) in [6.07, 6.45) is -0.265. The number of rotatable bonds is 2.